The molecule has 0 radical (unpaired) electrons. The maximum absolute atomic E-state index is 13.6. The first-order valence-corrected chi connectivity index (χ1v) is 9.82. The number of anilines is 1. The summed E-state index contributed by atoms with van der Waals surface area (Å²) < 4.78 is 17.0. The number of amides is 2. The molecule has 4 rings (SSSR count). The molecular weight excluding hydrogens is 386 g/mol. The van der Waals surface area contributed by atoms with Crippen LogP contribution in [0.5, 0.6) is 17.2 Å². The number of hydrogen-bond acceptors (Lipinski definition) is 5. The minimum atomic E-state index is -0.703. The highest BCUT2D eigenvalue weighted by molar-refractivity contribution is 5.96. The van der Waals surface area contributed by atoms with Crippen LogP contribution in [0.3, 0.4) is 0 Å². The zero-order valence-electron chi connectivity index (χ0n) is 17.4. The van der Waals surface area contributed by atoms with Crippen LogP contribution in [0.4, 0.5) is 5.69 Å². The van der Waals surface area contributed by atoms with Crippen LogP contribution in [0.2, 0.25) is 0 Å². The number of nitrogens with zero attached hydrogens (tertiary/aromatic N) is 1. The molecule has 0 saturated carbocycles. The quantitative estimate of drug-likeness (QED) is 0.731. The van der Waals surface area contributed by atoms with Crippen molar-refractivity contribution in [2.24, 2.45) is 5.73 Å². The average molecular weight is 412 g/mol. The molecule has 0 aromatic heterocycles. The lowest BCUT2D eigenvalue weighted by Gasteiger charge is -2.44. The van der Waals surface area contributed by atoms with E-state index in [1.165, 1.54) is 0 Å². The summed E-state index contributed by atoms with van der Waals surface area (Å²) in [5.74, 6) is 0.862. The van der Waals surface area contributed by atoms with E-state index in [9.17, 15) is 9.59 Å². The van der Waals surface area contributed by atoms with Gasteiger partial charge in [0, 0.05) is 12.1 Å². The van der Waals surface area contributed by atoms with E-state index in [0.717, 1.165) is 11.1 Å². The van der Waals surface area contributed by atoms with Gasteiger partial charge in [0.2, 0.25) is 12.5 Å². The number of fused-ring (bicyclic) bond motifs is 2. The fraction of sp³-hybridized carbons (Fsp3) is 0.364. The molecule has 0 bridgehead atoms. The lowest BCUT2D eigenvalue weighted by molar-refractivity contribution is -0.924. The molecule has 8 nitrogen and oxygen atoms in total. The Morgan fingerprint density at radius 1 is 1.30 bits per heavy atom. The van der Waals surface area contributed by atoms with Crippen LogP contribution < -0.4 is 25.3 Å². The largest absolute Gasteiger partial charge is 0.492 e. The van der Waals surface area contributed by atoms with Gasteiger partial charge in [-0.1, -0.05) is 12.1 Å². The molecule has 2 heterocycles. The van der Waals surface area contributed by atoms with Crippen LogP contribution in [-0.2, 0) is 16.0 Å². The van der Waals surface area contributed by atoms with Crippen molar-refractivity contribution in [3.8, 4) is 17.2 Å². The smallest absolute Gasteiger partial charge is 0.287 e. The van der Waals surface area contributed by atoms with Crippen LogP contribution >= 0.6 is 0 Å². The van der Waals surface area contributed by atoms with E-state index >= 15 is 0 Å². The molecule has 30 heavy (non-hydrogen) atoms. The molecule has 0 spiro atoms. The third kappa shape index (κ3) is 3.43. The molecule has 8 heteroatoms. The molecule has 2 aliphatic heterocycles. The van der Waals surface area contributed by atoms with E-state index < -0.39 is 11.9 Å². The van der Waals surface area contributed by atoms with Gasteiger partial charge in [-0.25, -0.2) is 0 Å². The predicted molar refractivity (Wildman–Crippen MR) is 110 cm³/mol. The molecule has 2 aromatic rings. The van der Waals surface area contributed by atoms with Gasteiger partial charge < -0.3 is 29.7 Å². The summed E-state index contributed by atoms with van der Waals surface area (Å²) >= 11 is 0. The lowest BCUT2D eigenvalue weighted by atomic mass is 9.88. The number of aryl methyl sites for hydroxylation is 1. The minimum absolute atomic E-state index is 0.0307. The third-order valence-electron chi connectivity index (χ3n) is 5.79. The Kier molecular flexibility index (Phi) is 5.03. The summed E-state index contributed by atoms with van der Waals surface area (Å²) in [5, 5.41) is 3.01. The number of nitrogens with one attached hydrogen (secondary N) is 1. The molecular formula is C22H26N3O5+. The number of carbonyl (C=O) groups excluding carboxylic acids is 2. The van der Waals surface area contributed by atoms with Crippen LogP contribution in [0.15, 0.2) is 30.3 Å². The van der Waals surface area contributed by atoms with E-state index in [-0.39, 0.29) is 23.7 Å². The van der Waals surface area contributed by atoms with Crippen molar-refractivity contribution in [2.75, 3.05) is 39.4 Å². The molecule has 0 aliphatic carbocycles. The van der Waals surface area contributed by atoms with Gasteiger partial charge >= 0.3 is 0 Å². The second-order valence-electron chi connectivity index (χ2n) is 8.06. The number of methoxy groups -OCH3 is 1. The summed E-state index contributed by atoms with van der Waals surface area (Å²) in [6.45, 7) is 2.66. The zero-order valence-corrected chi connectivity index (χ0v) is 17.4. The Morgan fingerprint density at radius 3 is 2.80 bits per heavy atom. The van der Waals surface area contributed by atoms with Crippen molar-refractivity contribution in [3.63, 3.8) is 0 Å². The van der Waals surface area contributed by atoms with Crippen LogP contribution in [0, 0.1) is 6.92 Å². The molecule has 2 unspecified atom stereocenters. The fourth-order valence-corrected chi connectivity index (χ4v) is 4.48. The number of carbonyl (C=O) groups is 2. The van der Waals surface area contributed by atoms with E-state index in [0.29, 0.717) is 41.5 Å². The summed E-state index contributed by atoms with van der Waals surface area (Å²) in [6.07, 6.45) is 0.653. The van der Waals surface area contributed by atoms with Gasteiger partial charge in [-0.15, -0.1) is 0 Å². The van der Waals surface area contributed by atoms with Crippen molar-refractivity contribution in [2.45, 2.75) is 19.4 Å². The molecule has 3 N–H and O–H groups in total. The van der Waals surface area contributed by atoms with E-state index in [2.05, 4.69) is 5.32 Å². The molecule has 0 fully saturated rings. The average Bonchev–Trinajstić information content (AvgIpc) is 3.13. The maximum atomic E-state index is 13.6. The summed E-state index contributed by atoms with van der Waals surface area (Å²) in [6, 6.07) is 8.78. The van der Waals surface area contributed by atoms with Crippen molar-refractivity contribution >= 4 is 17.5 Å². The van der Waals surface area contributed by atoms with E-state index in [1.807, 2.05) is 44.3 Å². The van der Waals surface area contributed by atoms with Crippen molar-refractivity contribution in [3.05, 3.63) is 47.0 Å². The summed E-state index contributed by atoms with van der Waals surface area (Å²) in [7, 11) is 3.42. The zero-order chi connectivity index (χ0) is 21.5. The third-order valence-corrected chi connectivity index (χ3v) is 5.79. The van der Waals surface area contributed by atoms with E-state index in [1.54, 1.807) is 7.11 Å². The molecule has 2 amide bonds. The Hall–Kier alpha value is -3.26. The van der Waals surface area contributed by atoms with Gasteiger partial charge in [-0.3, -0.25) is 9.59 Å². The number of benzene rings is 2. The summed E-state index contributed by atoms with van der Waals surface area (Å²) in [4.78, 5) is 25.5. The first-order valence-electron chi connectivity index (χ1n) is 9.82. The number of rotatable bonds is 5. The molecule has 2 atom stereocenters. The van der Waals surface area contributed by atoms with Gasteiger partial charge in [-0.05, 0) is 36.2 Å². The molecule has 2 aromatic carbocycles. The number of ether oxygens (including phenoxy) is 3. The highest BCUT2D eigenvalue weighted by atomic mass is 16.7. The second-order valence-corrected chi connectivity index (χ2v) is 8.06. The number of quaternary nitrogens is 1. The summed E-state index contributed by atoms with van der Waals surface area (Å²) in [5.41, 5.74) is 8.94. The van der Waals surface area contributed by atoms with Crippen molar-refractivity contribution < 1.29 is 28.3 Å². The SMILES string of the molecule is COc1c2c(cc3c1C(C(=O)Nc1cccc(C)c1)[N+](C)(CC(N)=O)CC3)OCO2. The van der Waals surface area contributed by atoms with Gasteiger partial charge in [-0.2, -0.15) is 0 Å². The monoisotopic (exact) mass is 412 g/mol. The number of primary amides is 1. The number of hydrogen-bond donors (Lipinski definition) is 2. The van der Waals surface area contributed by atoms with Crippen LogP contribution in [0.25, 0.3) is 0 Å². The molecule has 0 saturated heterocycles. The van der Waals surface area contributed by atoms with Gasteiger partial charge in [0.05, 0.1) is 26.3 Å². The van der Waals surface area contributed by atoms with Gasteiger partial charge in [0.25, 0.3) is 11.8 Å². The van der Waals surface area contributed by atoms with Crippen molar-refractivity contribution in [1.82, 2.24) is 0 Å². The lowest BCUT2D eigenvalue weighted by Crippen LogP contribution is -2.58. The normalized spacial score (nSPS) is 21.6. The number of likely N-dealkylation sites (N-methyl/N-ethyl adjacent to an activating group) is 1. The standard InChI is InChI=1S/C22H25N3O5/c1-13-5-4-6-15(9-13)24-22(27)19-18-14(7-8-25(19,2)11-17(23)26)10-16-20(21(18)28-3)30-12-29-16/h4-6,9-10,19H,7-8,11-12H2,1-3H3,(H2-,23,24,26,27)/p+1. The number of nitrogens with two attached hydrogens (primary N) is 1. The fourth-order valence-electron chi connectivity index (χ4n) is 4.48. The Balaban J connectivity index is 1.83. The maximum Gasteiger partial charge on any atom is 0.287 e. The predicted octanol–water partition coefficient (Wildman–Crippen LogP) is 1.90. The van der Waals surface area contributed by atoms with Crippen molar-refractivity contribution in [1.29, 1.82) is 0 Å². The second kappa shape index (κ2) is 7.53. The molecule has 2 aliphatic rings. The van der Waals surface area contributed by atoms with Gasteiger partial charge in [0.1, 0.15) is 0 Å². The Morgan fingerprint density at radius 2 is 2.10 bits per heavy atom. The topological polar surface area (TPSA) is 99.9 Å². The van der Waals surface area contributed by atoms with E-state index in [4.69, 9.17) is 19.9 Å². The molecule has 158 valence electrons. The van der Waals surface area contributed by atoms with Crippen LogP contribution in [-0.4, -0.2) is 50.3 Å². The first kappa shape index (κ1) is 20.0. The minimum Gasteiger partial charge on any atom is -0.492 e. The Labute approximate surface area is 175 Å². The highest BCUT2D eigenvalue weighted by Gasteiger charge is 2.48. The van der Waals surface area contributed by atoms with Gasteiger partial charge in [0.15, 0.2) is 24.1 Å². The van der Waals surface area contributed by atoms with Crippen LogP contribution in [0.1, 0.15) is 22.7 Å². The highest BCUT2D eigenvalue weighted by Crippen LogP contribution is 2.51. The Bertz CT molecular complexity index is 1020. The first-order chi connectivity index (χ1) is 14.3.